The van der Waals surface area contributed by atoms with Crippen molar-refractivity contribution in [3.05, 3.63) is 47.9 Å². The smallest absolute Gasteiger partial charge is 0.243 e. The molecule has 0 unspecified atom stereocenters. The number of hydrogen-bond donors (Lipinski definition) is 2. The molecule has 0 bridgehead atoms. The number of aryl methyl sites for hydroxylation is 1. The fourth-order valence-electron chi connectivity index (χ4n) is 3.20. The Balaban J connectivity index is 1.71. The molecule has 2 heterocycles. The summed E-state index contributed by atoms with van der Waals surface area (Å²) in [5.74, 6) is 0.473. The second-order valence-electron chi connectivity index (χ2n) is 7.11. The van der Waals surface area contributed by atoms with Gasteiger partial charge in [-0.2, -0.15) is 4.31 Å². The third-order valence-electron chi connectivity index (χ3n) is 4.91. The van der Waals surface area contributed by atoms with E-state index >= 15 is 0 Å². The van der Waals surface area contributed by atoms with Gasteiger partial charge in [-0.1, -0.05) is 6.07 Å². The largest absolute Gasteiger partial charge is 0.468 e. The molecular formula is C20H27N3O5S. The lowest BCUT2D eigenvalue weighted by Gasteiger charge is -2.27. The van der Waals surface area contributed by atoms with E-state index in [2.05, 4.69) is 10.6 Å². The molecule has 0 aliphatic carbocycles. The van der Waals surface area contributed by atoms with Crippen molar-refractivity contribution < 1.29 is 22.4 Å². The van der Waals surface area contributed by atoms with Crippen LogP contribution in [-0.4, -0.2) is 51.0 Å². The first kappa shape index (κ1) is 21.5. The number of carbonyl (C=O) groups excluding carboxylic acids is 1. The van der Waals surface area contributed by atoms with Crippen LogP contribution < -0.4 is 10.6 Å². The van der Waals surface area contributed by atoms with E-state index in [9.17, 15) is 13.2 Å². The Kier molecular flexibility index (Phi) is 6.74. The lowest BCUT2D eigenvalue weighted by atomic mass is 10.2. The maximum atomic E-state index is 13.0. The van der Waals surface area contributed by atoms with Gasteiger partial charge in [-0.05, 0) is 50.6 Å². The van der Waals surface area contributed by atoms with Gasteiger partial charge in [0, 0.05) is 18.8 Å². The van der Waals surface area contributed by atoms with Crippen LogP contribution in [0.3, 0.4) is 0 Å². The molecule has 2 aromatic rings. The Labute approximate surface area is 171 Å². The summed E-state index contributed by atoms with van der Waals surface area (Å²) >= 11 is 0. The van der Waals surface area contributed by atoms with E-state index in [1.807, 2.05) is 13.0 Å². The number of rotatable bonds is 7. The SMILES string of the molecule is Cc1ccc(NC(=O)[C@H](C)N[C@H](C)c2ccco2)cc1S(=O)(=O)N1CCOCC1. The zero-order valence-corrected chi connectivity index (χ0v) is 17.7. The number of ether oxygens (including phenoxy) is 1. The lowest BCUT2D eigenvalue weighted by molar-refractivity contribution is -0.118. The van der Waals surface area contributed by atoms with Crippen molar-refractivity contribution in [2.75, 3.05) is 31.6 Å². The van der Waals surface area contributed by atoms with E-state index in [-0.39, 0.29) is 16.8 Å². The predicted molar refractivity (Wildman–Crippen MR) is 109 cm³/mol. The Morgan fingerprint density at radius 3 is 2.55 bits per heavy atom. The first-order valence-electron chi connectivity index (χ1n) is 9.58. The fourth-order valence-corrected chi connectivity index (χ4v) is 4.86. The van der Waals surface area contributed by atoms with Crippen molar-refractivity contribution in [1.82, 2.24) is 9.62 Å². The number of nitrogens with one attached hydrogen (secondary N) is 2. The number of sulfonamides is 1. The number of morpholine rings is 1. The van der Waals surface area contributed by atoms with Gasteiger partial charge < -0.3 is 14.5 Å². The number of nitrogens with zero attached hydrogens (tertiary/aromatic N) is 1. The minimum Gasteiger partial charge on any atom is -0.468 e. The molecule has 2 N–H and O–H groups in total. The highest BCUT2D eigenvalue weighted by Crippen LogP contribution is 2.24. The van der Waals surface area contributed by atoms with E-state index in [0.717, 1.165) is 5.76 Å². The maximum Gasteiger partial charge on any atom is 0.243 e. The van der Waals surface area contributed by atoms with Gasteiger partial charge in [0.05, 0.1) is 36.5 Å². The first-order valence-corrected chi connectivity index (χ1v) is 11.0. The fraction of sp³-hybridized carbons (Fsp3) is 0.450. The maximum absolute atomic E-state index is 13.0. The Morgan fingerprint density at radius 2 is 1.90 bits per heavy atom. The molecule has 8 nitrogen and oxygen atoms in total. The summed E-state index contributed by atoms with van der Waals surface area (Å²) in [6, 6.07) is 7.91. The number of carbonyl (C=O) groups is 1. The van der Waals surface area contributed by atoms with E-state index in [4.69, 9.17) is 9.15 Å². The van der Waals surface area contributed by atoms with Gasteiger partial charge in [0.15, 0.2) is 0 Å². The highest BCUT2D eigenvalue weighted by molar-refractivity contribution is 7.89. The van der Waals surface area contributed by atoms with Crippen LogP contribution in [0.15, 0.2) is 45.9 Å². The highest BCUT2D eigenvalue weighted by atomic mass is 32.2. The van der Waals surface area contributed by atoms with Gasteiger partial charge in [-0.25, -0.2) is 8.42 Å². The molecule has 1 aliphatic heterocycles. The molecule has 3 rings (SSSR count). The van der Waals surface area contributed by atoms with E-state index in [1.165, 1.54) is 10.4 Å². The Morgan fingerprint density at radius 1 is 1.17 bits per heavy atom. The standard InChI is InChI=1S/C20H27N3O5S/c1-14-6-7-17(13-19(14)29(25,26)23-8-11-27-12-9-23)22-20(24)16(3)21-15(2)18-5-4-10-28-18/h4-7,10,13,15-16,21H,8-9,11-12H2,1-3H3,(H,22,24)/t15-,16+/m1/s1. The summed E-state index contributed by atoms with van der Waals surface area (Å²) in [7, 11) is -3.65. The molecule has 1 fully saturated rings. The van der Waals surface area contributed by atoms with Crippen LogP contribution in [0.1, 0.15) is 31.2 Å². The number of furan rings is 1. The van der Waals surface area contributed by atoms with E-state index < -0.39 is 16.1 Å². The number of amides is 1. The average molecular weight is 422 g/mol. The molecule has 158 valence electrons. The second kappa shape index (κ2) is 9.08. The van der Waals surface area contributed by atoms with Crippen LogP contribution in [0.5, 0.6) is 0 Å². The lowest BCUT2D eigenvalue weighted by Crippen LogP contribution is -2.41. The summed E-state index contributed by atoms with van der Waals surface area (Å²) < 4.78 is 38.0. The number of hydrogen-bond acceptors (Lipinski definition) is 6. The third-order valence-corrected chi connectivity index (χ3v) is 6.95. The summed E-state index contributed by atoms with van der Waals surface area (Å²) in [5.41, 5.74) is 1.07. The molecule has 0 spiro atoms. The monoisotopic (exact) mass is 421 g/mol. The van der Waals surface area contributed by atoms with Crippen molar-refractivity contribution in [3.63, 3.8) is 0 Å². The average Bonchev–Trinajstić information content (AvgIpc) is 3.25. The Bertz CT molecular complexity index is 937. The molecule has 1 aromatic carbocycles. The van der Waals surface area contributed by atoms with Gasteiger partial charge >= 0.3 is 0 Å². The van der Waals surface area contributed by atoms with Gasteiger partial charge in [0.1, 0.15) is 5.76 Å². The number of anilines is 1. The van der Waals surface area contributed by atoms with Crippen molar-refractivity contribution in [3.8, 4) is 0 Å². The molecule has 1 aliphatic rings. The van der Waals surface area contributed by atoms with Crippen LogP contribution in [0.2, 0.25) is 0 Å². The zero-order chi connectivity index (χ0) is 21.0. The molecule has 9 heteroatoms. The predicted octanol–water partition coefficient (Wildman–Crippen LogP) is 2.29. The van der Waals surface area contributed by atoms with Crippen LogP contribution in [0, 0.1) is 6.92 Å². The number of benzene rings is 1. The van der Waals surface area contributed by atoms with Crippen molar-refractivity contribution in [2.45, 2.75) is 37.8 Å². The minimum atomic E-state index is -3.65. The molecule has 1 saturated heterocycles. The van der Waals surface area contributed by atoms with Crippen LogP contribution in [0.25, 0.3) is 0 Å². The van der Waals surface area contributed by atoms with Crippen LogP contribution in [-0.2, 0) is 19.6 Å². The van der Waals surface area contributed by atoms with Gasteiger partial charge in [-0.3, -0.25) is 10.1 Å². The highest BCUT2D eigenvalue weighted by Gasteiger charge is 2.28. The minimum absolute atomic E-state index is 0.138. The van der Waals surface area contributed by atoms with Gasteiger partial charge in [0.25, 0.3) is 0 Å². The van der Waals surface area contributed by atoms with Crippen molar-refractivity contribution in [2.24, 2.45) is 0 Å². The third kappa shape index (κ3) is 5.05. The Hall–Kier alpha value is -2.20. The summed E-state index contributed by atoms with van der Waals surface area (Å²) in [5, 5.41) is 5.96. The van der Waals surface area contributed by atoms with E-state index in [1.54, 1.807) is 38.3 Å². The molecular weight excluding hydrogens is 394 g/mol. The normalized spacial score (nSPS) is 17.6. The topological polar surface area (TPSA) is 101 Å². The van der Waals surface area contributed by atoms with Crippen molar-refractivity contribution in [1.29, 1.82) is 0 Å². The zero-order valence-electron chi connectivity index (χ0n) is 16.8. The second-order valence-corrected chi connectivity index (χ2v) is 9.02. The van der Waals surface area contributed by atoms with Crippen LogP contribution >= 0.6 is 0 Å². The van der Waals surface area contributed by atoms with E-state index in [0.29, 0.717) is 37.6 Å². The quantitative estimate of drug-likeness (QED) is 0.711. The first-order chi connectivity index (χ1) is 13.8. The summed E-state index contributed by atoms with van der Waals surface area (Å²) in [6.45, 7) is 6.80. The van der Waals surface area contributed by atoms with Crippen molar-refractivity contribution >= 4 is 21.6 Å². The molecule has 29 heavy (non-hydrogen) atoms. The van der Waals surface area contributed by atoms with Crippen LogP contribution in [0.4, 0.5) is 5.69 Å². The molecule has 0 radical (unpaired) electrons. The summed E-state index contributed by atoms with van der Waals surface area (Å²) in [4.78, 5) is 12.8. The molecule has 1 aromatic heterocycles. The molecule has 0 saturated carbocycles. The van der Waals surface area contributed by atoms with Gasteiger partial charge in [0.2, 0.25) is 15.9 Å². The molecule has 2 atom stereocenters. The molecule has 1 amide bonds. The summed E-state index contributed by atoms with van der Waals surface area (Å²) in [6.07, 6.45) is 1.58. The van der Waals surface area contributed by atoms with Gasteiger partial charge in [-0.15, -0.1) is 0 Å².